The van der Waals surface area contributed by atoms with Crippen molar-refractivity contribution in [3.8, 4) is 0 Å². The van der Waals surface area contributed by atoms with Gasteiger partial charge in [0.1, 0.15) is 5.84 Å². The van der Waals surface area contributed by atoms with Gasteiger partial charge in [0.2, 0.25) is 0 Å². The summed E-state index contributed by atoms with van der Waals surface area (Å²) < 4.78 is 10.3. The number of piperidine rings is 1. The molecule has 6 nitrogen and oxygen atoms in total. The number of nitrogens with two attached hydrogens (primary N) is 1. The monoisotopic (exact) mass is 259 g/mol. The van der Waals surface area contributed by atoms with Gasteiger partial charge in [-0.05, 0) is 25.8 Å². The molecule has 1 atom stereocenters. The number of likely N-dealkylation sites (tertiary alicyclic amines) is 1. The fourth-order valence-electron chi connectivity index (χ4n) is 2.22. The minimum Gasteiger partial charge on any atom is -0.409 e. The molecule has 106 valence electrons. The van der Waals surface area contributed by atoms with E-state index in [1.807, 2.05) is 0 Å². The molecule has 0 aromatic carbocycles. The van der Waals surface area contributed by atoms with E-state index in [0.717, 1.165) is 45.5 Å². The number of hydrogen-bond acceptors (Lipinski definition) is 5. The first-order valence-electron chi connectivity index (χ1n) is 6.54. The number of ether oxygens (including phenoxy) is 2. The Morgan fingerprint density at radius 2 is 2.28 bits per heavy atom. The second-order valence-corrected chi connectivity index (χ2v) is 4.62. The molecule has 1 aliphatic rings. The summed E-state index contributed by atoms with van der Waals surface area (Å²) in [5, 5.41) is 11.8. The van der Waals surface area contributed by atoms with Crippen LogP contribution in [0.4, 0.5) is 0 Å². The molecular weight excluding hydrogens is 234 g/mol. The van der Waals surface area contributed by atoms with E-state index < -0.39 is 0 Å². The molecule has 1 saturated heterocycles. The van der Waals surface area contributed by atoms with Crippen LogP contribution in [-0.4, -0.2) is 62.5 Å². The lowest BCUT2D eigenvalue weighted by atomic mass is 9.97. The Balaban J connectivity index is 2.11. The Hall–Kier alpha value is -0.850. The van der Waals surface area contributed by atoms with Crippen molar-refractivity contribution in [1.29, 1.82) is 0 Å². The van der Waals surface area contributed by atoms with Crippen LogP contribution < -0.4 is 5.73 Å². The normalized spacial score (nSPS) is 22.3. The molecule has 6 heteroatoms. The third-order valence-electron chi connectivity index (χ3n) is 3.23. The number of amidine groups is 1. The van der Waals surface area contributed by atoms with Crippen LogP contribution in [0.1, 0.15) is 19.3 Å². The summed E-state index contributed by atoms with van der Waals surface area (Å²) in [5.74, 6) is 0.550. The van der Waals surface area contributed by atoms with Crippen LogP contribution in [0.2, 0.25) is 0 Å². The van der Waals surface area contributed by atoms with Crippen LogP contribution >= 0.6 is 0 Å². The van der Waals surface area contributed by atoms with E-state index in [0.29, 0.717) is 19.0 Å². The third-order valence-corrected chi connectivity index (χ3v) is 3.23. The third kappa shape index (κ3) is 5.66. The lowest BCUT2D eigenvalue weighted by molar-refractivity contribution is 0.0634. The van der Waals surface area contributed by atoms with Gasteiger partial charge >= 0.3 is 0 Å². The topological polar surface area (TPSA) is 80.3 Å². The quantitative estimate of drug-likeness (QED) is 0.218. The van der Waals surface area contributed by atoms with E-state index >= 15 is 0 Å². The van der Waals surface area contributed by atoms with Crippen LogP contribution in [0.5, 0.6) is 0 Å². The highest BCUT2D eigenvalue weighted by atomic mass is 16.5. The standard InChI is InChI=1S/C12H25N3O3/c1-17-8-9-18-7-3-6-15-5-2-4-11(10-15)12(13)14-16/h11,16H,2-10H2,1H3,(H2,13,14). The largest absolute Gasteiger partial charge is 0.409 e. The van der Waals surface area contributed by atoms with E-state index in [1.54, 1.807) is 7.11 Å². The van der Waals surface area contributed by atoms with Crippen molar-refractivity contribution >= 4 is 5.84 Å². The number of oxime groups is 1. The summed E-state index contributed by atoms with van der Waals surface area (Å²) in [6.07, 6.45) is 3.12. The molecule has 0 amide bonds. The summed E-state index contributed by atoms with van der Waals surface area (Å²) in [7, 11) is 1.67. The average Bonchev–Trinajstić information content (AvgIpc) is 2.42. The van der Waals surface area contributed by atoms with E-state index in [2.05, 4.69) is 10.1 Å². The summed E-state index contributed by atoms with van der Waals surface area (Å²) in [5.41, 5.74) is 5.65. The minimum absolute atomic E-state index is 0.193. The molecular formula is C12H25N3O3. The fraction of sp³-hybridized carbons (Fsp3) is 0.917. The van der Waals surface area contributed by atoms with Crippen LogP contribution in [0.3, 0.4) is 0 Å². The molecule has 3 N–H and O–H groups in total. The number of methoxy groups -OCH3 is 1. The fourth-order valence-corrected chi connectivity index (χ4v) is 2.22. The predicted octanol–water partition coefficient (Wildman–Crippen LogP) is 0.498. The highest BCUT2D eigenvalue weighted by Crippen LogP contribution is 2.16. The van der Waals surface area contributed by atoms with E-state index in [9.17, 15) is 0 Å². The molecule has 0 aromatic heterocycles. The number of hydrogen-bond donors (Lipinski definition) is 2. The lowest BCUT2D eigenvalue weighted by Gasteiger charge is -2.31. The molecule has 0 bridgehead atoms. The SMILES string of the molecule is COCCOCCCN1CCCC(C(N)=NO)C1. The van der Waals surface area contributed by atoms with E-state index in [4.69, 9.17) is 20.4 Å². The summed E-state index contributed by atoms with van der Waals surface area (Å²) in [6, 6.07) is 0. The van der Waals surface area contributed by atoms with Gasteiger partial charge in [-0.15, -0.1) is 0 Å². The van der Waals surface area contributed by atoms with Gasteiger partial charge in [0.05, 0.1) is 13.2 Å². The Morgan fingerprint density at radius 3 is 3.00 bits per heavy atom. The zero-order chi connectivity index (χ0) is 13.2. The van der Waals surface area contributed by atoms with E-state index in [1.165, 1.54) is 0 Å². The first kappa shape index (κ1) is 15.2. The Kier molecular flexibility index (Phi) is 7.71. The predicted molar refractivity (Wildman–Crippen MR) is 69.9 cm³/mol. The zero-order valence-corrected chi connectivity index (χ0v) is 11.2. The Morgan fingerprint density at radius 1 is 1.44 bits per heavy atom. The van der Waals surface area contributed by atoms with Crippen molar-refractivity contribution in [1.82, 2.24) is 4.90 Å². The molecule has 1 aliphatic heterocycles. The highest BCUT2D eigenvalue weighted by Gasteiger charge is 2.22. The number of nitrogens with zero attached hydrogens (tertiary/aromatic N) is 2. The minimum atomic E-state index is 0.193. The van der Waals surface area contributed by atoms with Gasteiger partial charge < -0.3 is 25.3 Å². The molecule has 1 fully saturated rings. The maximum Gasteiger partial charge on any atom is 0.143 e. The smallest absolute Gasteiger partial charge is 0.143 e. The van der Waals surface area contributed by atoms with Crippen molar-refractivity contribution in [2.24, 2.45) is 16.8 Å². The molecule has 1 rings (SSSR count). The maximum atomic E-state index is 8.68. The average molecular weight is 259 g/mol. The molecule has 18 heavy (non-hydrogen) atoms. The summed E-state index contributed by atoms with van der Waals surface area (Å²) in [4.78, 5) is 2.35. The van der Waals surface area contributed by atoms with Crippen molar-refractivity contribution in [3.63, 3.8) is 0 Å². The van der Waals surface area contributed by atoms with Crippen LogP contribution in [0, 0.1) is 5.92 Å². The molecule has 0 aliphatic carbocycles. The first-order valence-corrected chi connectivity index (χ1v) is 6.54. The van der Waals surface area contributed by atoms with Crippen molar-refractivity contribution in [2.75, 3.05) is 46.6 Å². The van der Waals surface area contributed by atoms with Gasteiger partial charge in [0.15, 0.2) is 0 Å². The summed E-state index contributed by atoms with van der Waals surface area (Å²) in [6.45, 7) is 5.04. The highest BCUT2D eigenvalue weighted by molar-refractivity contribution is 5.82. The van der Waals surface area contributed by atoms with Gasteiger partial charge in [0.25, 0.3) is 0 Å². The van der Waals surface area contributed by atoms with Gasteiger partial charge in [-0.1, -0.05) is 5.16 Å². The lowest BCUT2D eigenvalue weighted by Crippen LogP contribution is -2.41. The molecule has 0 aromatic rings. The van der Waals surface area contributed by atoms with Gasteiger partial charge in [0, 0.05) is 32.7 Å². The van der Waals surface area contributed by atoms with Crippen molar-refractivity contribution in [3.05, 3.63) is 0 Å². The molecule has 0 radical (unpaired) electrons. The summed E-state index contributed by atoms with van der Waals surface area (Å²) >= 11 is 0. The first-order chi connectivity index (χ1) is 8.77. The molecule has 1 heterocycles. The van der Waals surface area contributed by atoms with Gasteiger partial charge in [-0.25, -0.2) is 0 Å². The van der Waals surface area contributed by atoms with Crippen LogP contribution in [0.15, 0.2) is 5.16 Å². The Labute approximate surface area is 109 Å². The van der Waals surface area contributed by atoms with Crippen molar-refractivity contribution < 1.29 is 14.7 Å². The van der Waals surface area contributed by atoms with E-state index in [-0.39, 0.29) is 5.92 Å². The zero-order valence-electron chi connectivity index (χ0n) is 11.2. The Bertz CT molecular complexity index is 249. The molecule has 0 spiro atoms. The second kappa shape index (κ2) is 9.13. The van der Waals surface area contributed by atoms with Crippen molar-refractivity contribution in [2.45, 2.75) is 19.3 Å². The van der Waals surface area contributed by atoms with Crippen LogP contribution in [0.25, 0.3) is 0 Å². The molecule has 0 saturated carbocycles. The number of rotatable bonds is 8. The van der Waals surface area contributed by atoms with Gasteiger partial charge in [-0.2, -0.15) is 0 Å². The molecule has 1 unspecified atom stereocenters. The van der Waals surface area contributed by atoms with Crippen LogP contribution in [-0.2, 0) is 9.47 Å². The van der Waals surface area contributed by atoms with Gasteiger partial charge in [-0.3, -0.25) is 0 Å². The second-order valence-electron chi connectivity index (χ2n) is 4.62. The maximum absolute atomic E-state index is 8.68.